The van der Waals surface area contributed by atoms with Crippen molar-refractivity contribution in [3.05, 3.63) is 52.3 Å². The summed E-state index contributed by atoms with van der Waals surface area (Å²) in [5.74, 6) is -0.904. The third kappa shape index (κ3) is 3.76. The normalized spacial score (nSPS) is 15.9. The number of benzene rings is 1. The Labute approximate surface area is 168 Å². The van der Waals surface area contributed by atoms with Gasteiger partial charge in [-0.25, -0.2) is 4.79 Å². The minimum absolute atomic E-state index is 0.0423. The molecular weight excluding hydrogens is 401 g/mol. The maximum Gasteiger partial charge on any atom is 0.537 e. The minimum atomic E-state index is -1.15. The highest BCUT2D eigenvalue weighted by atomic mass is 32.2. The van der Waals surface area contributed by atoms with Crippen molar-refractivity contribution < 1.29 is 19.6 Å². The van der Waals surface area contributed by atoms with Gasteiger partial charge in [0, 0.05) is 18.3 Å². The molecule has 2 aromatic heterocycles. The maximum atomic E-state index is 12.0. The second kappa shape index (κ2) is 7.91. The molecule has 0 radical (unpaired) electrons. The van der Waals surface area contributed by atoms with Gasteiger partial charge >= 0.3 is 13.1 Å². The Hall–Kier alpha value is -2.41. The number of fused-ring (bicyclic) bond motifs is 1. The highest BCUT2D eigenvalue weighted by molar-refractivity contribution is 8.02. The van der Waals surface area contributed by atoms with Crippen molar-refractivity contribution in [3.8, 4) is 5.75 Å². The summed E-state index contributed by atoms with van der Waals surface area (Å²) in [6, 6.07) is 3.60. The molecule has 1 aromatic carbocycles. The molecule has 0 unspecified atom stereocenters. The first-order chi connectivity index (χ1) is 13.5. The van der Waals surface area contributed by atoms with Crippen LogP contribution in [0.1, 0.15) is 27.0 Å². The topological polar surface area (TPSA) is 136 Å². The smallest absolute Gasteiger partial charge is 0.535 e. The number of hydrogen-bond acceptors (Lipinski definition) is 9. The lowest BCUT2D eigenvalue weighted by atomic mass is 9.77. The summed E-state index contributed by atoms with van der Waals surface area (Å²) in [7, 11) is -1.15. The van der Waals surface area contributed by atoms with Gasteiger partial charge in [-0.3, -0.25) is 4.68 Å². The van der Waals surface area contributed by atoms with E-state index in [4.69, 9.17) is 10.4 Å². The fourth-order valence-electron chi connectivity index (χ4n) is 3.06. The number of thioether (sulfide) groups is 1. The average molecular weight is 417 g/mol. The second-order valence-electron chi connectivity index (χ2n) is 6.22. The molecule has 28 heavy (non-hydrogen) atoms. The summed E-state index contributed by atoms with van der Waals surface area (Å²) >= 11 is 2.74. The lowest BCUT2D eigenvalue weighted by molar-refractivity contribution is 0.0693. The molecule has 0 saturated carbocycles. The van der Waals surface area contributed by atoms with Crippen molar-refractivity contribution in [1.82, 2.24) is 20.0 Å². The van der Waals surface area contributed by atoms with E-state index >= 15 is 0 Å². The van der Waals surface area contributed by atoms with E-state index in [0.717, 1.165) is 15.5 Å². The van der Waals surface area contributed by atoms with Gasteiger partial charge in [0.05, 0.1) is 17.9 Å². The number of carbonyl (C=O) groups is 1. The monoisotopic (exact) mass is 417 g/mol. The van der Waals surface area contributed by atoms with Crippen molar-refractivity contribution >= 4 is 36.2 Å². The van der Waals surface area contributed by atoms with Crippen LogP contribution < -0.4 is 10.4 Å². The Kier molecular flexibility index (Phi) is 5.35. The Morgan fingerprint density at radius 3 is 3.04 bits per heavy atom. The summed E-state index contributed by atoms with van der Waals surface area (Å²) in [6.07, 6.45) is 3.88. The second-order valence-corrected chi connectivity index (χ2v) is 8.54. The molecule has 4 rings (SSSR count). The van der Waals surface area contributed by atoms with E-state index in [9.17, 15) is 14.9 Å². The van der Waals surface area contributed by atoms with Gasteiger partial charge in [0.2, 0.25) is 0 Å². The van der Waals surface area contributed by atoms with E-state index in [-0.39, 0.29) is 23.0 Å². The molecule has 3 heterocycles. The number of nitrogens with zero attached hydrogens (tertiary/aromatic N) is 4. The van der Waals surface area contributed by atoms with Crippen LogP contribution in [0.2, 0.25) is 0 Å². The van der Waals surface area contributed by atoms with Crippen molar-refractivity contribution in [2.45, 2.75) is 29.0 Å². The predicted octanol–water partition coefficient (Wildman–Crippen LogP) is 1.06. The van der Waals surface area contributed by atoms with Crippen LogP contribution in [0.3, 0.4) is 0 Å². The minimum Gasteiger partial charge on any atom is -0.535 e. The molecular formula is C16H16BN5O4S2. The van der Waals surface area contributed by atoms with Crippen LogP contribution in [0.25, 0.3) is 0 Å². The van der Waals surface area contributed by atoms with Gasteiger partial charge in [-0.15, -0.1) is 10.2 Å². The molecule has 9 nitrogen and oxygen atoms in total. The molecule has 0 fully saturated rings. The number of carboxylic acid groups (broad SMARTS) is 1. The molecule has 4 N–H and O–H groups in total. The van der Waals surface area contributed by atoms with E-state index in [0.29, 0.717) is 18.5 Å². The van der Waals surface area contributed by atoms with Crippen molar-refractivity contribution in [3.63, 3.8) is 0 Å². The number of aromatic carboxylic acids is 1. The van der Waals surface area contributed by atoms with Gasteiger partial charge in [0.25, 0.3) is 0 Å². The molecule has 12 heteroatoms. The molecule has 1 aliphatic heterocycles. The van der Waals surface area contributed by atoms with Gasteiger partial charge in [-0.05, 0) is 17.5 Å². The van der Waals surface area contributed by atoms with Crippen LogP contribution in [-0.2, 0) is 19.5 Å². The number of aromatic nitrogens is 4. The fraction of sp³-hybridized carbons (Fsp3) is 0.250. The summed E-state index contributed by atoms with van der Waals surface area (Å²) in [4.78, 5) is 12.0. The summed E-state index contributed by atoms with van der Waals surface area (Å²) < 4.78 is 8.00. The van der Waals surface area contributed by atoms with E-state index in [1.54, 1.807) is 28.7 Å². The molecule has 144 valence electrons. The van der Waals surface area contributed by atoms with Gasteiger partial charge in [0.1, 0.15) is 16.8 Å². The largest absolute Gasteiger partial charge is 0.537 e. The van der Waals surface area contributed by atoms with Crippen LogP contribution in [0.4, 0.5) is 0 Å². The molecule has 0 aliphatic carbocycles. The SMILES string of the molecule is NCc1cnn(Cc2ccc3c(c2C(=O)O)OB(O)[C@@H](Sc2nncs2)C3)c1. The Balaban J connectivity index is 1.63. The standard InChI is InChI=1S/C16H16BN5O4S2/c18-4-9-5-20-22(6-9)7-11-2-1-10-3-12(28-16-21-19-8-27-16)17(25)26-14(10)13(11)15(23)24/h1-2,5-6,8,12,25H,3-4,7,18H2,(H,23,24)/t12-/m0/s1. The molecule has 0 saturated heterocycles. The third-order valence-corrected chi connectivity index (χ3v) is 6.41. The van der Waals surface area contributed by atoms with Crippen LogP contribution >= 0.6 is 23.1 Å². The van der Waals surface area contributed by atoms with E-state index < -0.39 is 13.1 Å². The predicted molar refractivity (Wildman–Crippen MR) is 104 cm³/mol. The first-order valence-electron chi connectivity index (χ1n) is 8.42. The van der Waals surface area contributed by atoms with E-state index in [1.165, 1.54) is 23.1 Å². The van der Waals surface area contributed by atoms with E-state index in [2.05, 4.69) is 15.3 Å². The molecule has 1 atom stereocenters. The van der Waals surface area contributed by atoms with Gasteiger partial charge in [-0.1, -0.05) is 35.2 Å². The number of rotatable bonds is 6. The van der Waals surface area contributed by atoms with Crippen LogP contribution in [0.5, 0.6) is 5.75 Å². The van der Waals surface area contributed by atoms with E-state index in [1.807, 2.05) is 6.07 Å². The van der Waals surface area contributed by atoms with Crippen molar-refractivity contribution in [2.75, 3.05) is 0 Å². The summed E-state index contributed by atoms with van der Waals surface area (Å²) in [6.45, 7) is 0.621. The summed E-state index contributed by atoms with van der Waals surface area (Å²) in [5, 5.41) is 31.9. The number of hydrogen-bond donors (Lipinski definition) is 3. The molecule has 3 aromatic rings. The van der Waals surface area contributed by atoms with Crippen molar-refractivity contribution in [2.24, 2.45) is 5.73 Å². The Bertz CT molecular complexity index is 997. The molecule has 0 amide bonds. The van der Waals surface area contributed by atoms with Crippen LogP contribution in [0.15, 0.2) is 34.4 Å². The van der Waals surface area contributed by atoms with Gasteiger partial charge < -0.3 is 20.5 Å². The average Bonchev–Trinajstić information content (AvgIpc) is 3.34. The first-order valence-corrected chi connectivity index (χ1v) is 10.2. The third-order valence-electron chi connectivity index (χ3n) is 4.36. The lowest BCUT2D eigenvalue weighted by Crippen LogP contribution is -2.41. The zero-order valence-corrected chi connectivity index (χ0v) is 16.2. The Morgan fingerprint density at radius 2 is 2.36 bits per heavy atom. The van der Waals surface area contributed by atoms with Crippen LogP contribution in [0, 0.1) is 0 Å². The Morgan fingerprint density at radius 1 is 1.50 bits per heavy atom. The number of carboxylic acids is 1. The maximum absolute atomic E-state index is 12.0. The van der Waals surface area contributed by atoms with Crippen molar-refractivity contribution in [1.29, 1.82) is 0 Å². The quantitative estimate of drug-likeness (QED) is 0.503. The lowest BCUT2D eigenvalue weighted by Gasteiger charge is -2.28. The summed E-state index contributed by atoms with van der Waals surface area (Å²) in [5.41, 5.74) is 9.39. The zero-order chi connectivity index (χ0) is 19.7. The molecule has 0 bridgehead atoms. The highest BCUT2D eigenvalue weighted by Crippen LogP contribution is 2.38. The number of nitrogens with two attached hydrogens (primary N) is 1. The zero-order valence-electron chi connectivity index (χ0n) is 14.6. The molecule has 1 aliphatic rings. The van der Waals surface area contributed by atoms with Crippen LogP contribution in [-0.4, -0.2) is 48.3 Å². The first kappa shape index (κ1) is 18.9. The highest BCUT2D eigenvalue weighted by Gasteiger charge is 2.38. The van der Waals surface area contributed by atoms with Gasteiger partial charge in [-0.2, -0.15) is 5.10 Å². The molecule has 0 spiro atoms. The van der Waals surface area contributed by atoms with Gasteiger partial charge in [0.15, 0.2) is 4.34 Å². The fourth-order valence-corrected chi connectivity index (χ4v) is 4.85.